The van der Waals surface area contributed by atoms with Crippen LogP contribution in [0.4, 0.5) is 0 Å². The van der Waals surface area contributed by atoms with Gasteiger partial charge in [-0.15, -0.1) is 11.3 Å². The van der Waals surface area contributed by atoms with E-state index in [1.807, 2.05) is 24.3 Å². The van der Waals surface area contributed by atoms with Gasteiger partial charge in [-0.1, -0.05) is 42.3 Å². The molecule has 4 rings (SSSR count). The number of para-hydroxylation sites is 1. The summed E-state index contributed by atoms with van der Waals surface area (Å²) in [5.41, 5.74) is 0.920. The Morgan fingerprint density at radius 3 is 2.64 bits per heavy atom. The first kappa shape index (κ1) is 17.0. The van der Waals surface area contributed by atoms with Gasteiger partial charge in [0.25, 0.3) is 0 Å². The summed E-state index contributed by atoms with van der Waals surface area (Å²) >= 11 is 7.74. The van der Waals surface area contributed by atoms with Gasteiger partial charge in [0.1, 0.15) is 9.90 Å². The minimum Gasteiger partial charge on any atom is -0.239 e. The smallest absolute Gasteiger partial charge is 0.239 e. The van der Waals surface area contributed by atoms with Crippen molar-refractivity contribution in [3.8, 4) is 0 Å². The third-order valence-corrected chi connectivity index (χ3v) is 8.02. The molecule has 0 spiro atoms. The number of nitrogens with zero attached hydrogens (tertiary/aromatic N) is 2. The van der Waals surface area contributed by atoms with Crippen molar-refractivity contribution in [2.45, 2.75) is 30.2 Å². The standard InChI is InChI=1S/C18H17ClN2O2S2/c19-13-7-1-4-11-17(13)25(22,23)21-12-6-5-9-15(21)18-20-14-8-2-3-10-16(14)24-18/h1-4,7-8,10-11,15H,5-6,9,12H2/t15-/m0/s1. The highest BCUT2D eigenvalue weighted by Crippen LogP contribution is 2.39. The third kappa shape index (κ3) is 3.08. The molecule has 1 fully saturated rings. The lowest BCUT2D eigenvalue weighted by molar-refractivity contribution is 0.255. The van der Waals surface area contributed by atoms with E-state index >= 15 is 0 Å². The number of fused-ring (bicyclic) bond motifs is 1. The van der Waals surface area contributed by atoms with Crippen LogP contribution in [-0.2, 0) is 10.0 Å². The van der Waals surface area contributed by atoms with Gasteiger partial charge in [0.15, 0.2) is 0 Å². The largest absolute Gasteiger partial charge is 0.245 e. The molecule has 0 amide bonds. The molecule has 0 radical (unpaired) electrons. The Balaban J connectivity index is 1.78. The Labute approximate surface area is 156 Å². The number of piperidine rings is 1. The van der Waals surface area contributed by atoms with E-state index < -0.39 is 10.0 Å². The molecule has 0 N–H and O–H groups in total. The van der Waals surface area contributed by atoms with Crippen LogP contribution in [0, 0.1) is 0 Å². The number of hydrogen-bond donors (Lipinski definition) is 0. The highest BCUT2D eigenvalue weighted by molar-refractivity contribution is 7.89. The van der Waals surface area contributed by atoms with Crippen molar-refractivity contribution in [3.05, 3.63) is 58.6 Å². The van der Waals surface area contributed by atoms with Crippen LogP contribution in [0.25, 0.3) is 10.2 Å². The summed E-state index contributed by atoms with van der Waals surface area (Å²) in [6, 6.07) is 14.3. The SMILES string of the molecule is O=S(=O)(c1ccccc1Cl)N1CCCC[C@H]1c1nc2ccccc2s1. The molecule has 0 bridgehead atoms. The van der Waals surface area contributed by atoms with Gasteiger partial charge >= 0.3 is 0 Å². The summed E-state index contributed by atoms with van der Waals surface area (Å²) < 4.78 is 29.1. The predicted molar refractivity (Wildman–Crippen MR) is 102 cm³/mol. The molecule has 2 heterocycles. The molecular weight excluding hydrogens is 376 g/mol. The van der Waals surface area contributed by atoms with Crippen LogP contribution < -0.4 is 0 Å². The summed E-state index contributed by atoms with van der Waals surface area (Å²) in [6.45, 7) is 0.494. The second-order valence-electron chi connectivity index (χ2n) is 6.08. The number of aromatic nitrogens is 1. The first-order valence-corrected chi connectivity index (χ1v) is 10.8. The molecule has 0 aliphatic carbocycles. The molecule has 0 unspecified atom stereocenters. The lowest BCUT2D eigenvalue weighted by Crippen LogP contribution is -2.38. The summed E-state index contributed by atoms with van der Waals surface area (Å²) in [5, 5.41) is 1.12. The van der Waals surface area contributed by atoms with E-state index in [1.54, 1.807) is 39.9 Å². The predicted octanol–water partition coefficient (Wildman–Crippen LogP) is 4.87. The second-order valence-corrected chi connectivity index (χ2v) is 9.41. The molecule has 130 valence electrons. The zero-order chi connectivity index (χ0) is 17.4. The van der Waals surface area contributed by atoms with Gasteiger partial charge < -0.3 is 0 Å². The zero-order valence-electron chi connectivity index (χ0n) is 13.4. The minimum atomic E-state index is -3.66. The Kier molecular flexibility index (Phi) is 4.54. The van der Waals surface area contributed by atoms with Crippen LogP contribution in [-0.4, -0.2) is 24.3 Å². The van der Waals surface area contributed by atoms with E-state index in [4.69, 9.17) is 16.6 Å². The van der Waals surface area contributed by atoms with Gasteiger partial charge in [-0.2, -0.15) is 4.31 Å². The van der Waals surface area contributed by atoms with Crippen molar-refractivity contribution in [3.63, 3.8) is 0 Å². The summed E-state index contributed by atoms with van der Waals surface area (Å²) in [7, 11) is -3.66. The van der Waals surface area contributed by atoms with Crippen molar-refractivity contribution in [2.24, 2.45) is 0 Å². The summed E-state index contributed by atoms with van der Waals surface area (Å²) in [5.74, 6) is 0. The van der Waals surface area contributed by atoms with Gasteiger partial charge in [-0.05, 0) is 37.1 Å². The molecule has 1 aromatic heterocycles. The molecule has 1 aliphatic rings. The minimum absolute atomic E-state index is 0.171. The Morgan fingerprint density at radius 2 is 1.84 bits per heavy atom. The van der Waals surface area contributed by atoms with Gasteiger partial charge in [-0.3, -0.25) is 0 Å². The van der Waals surface area contributed by atoms with E-state index in [0.29, 0.717) is 6.54 Å². The van der Waals surface area contributed by atoms with Gasteiger partial charge in [0, 0.05) is 6.54 Å². The number of sulfonamides is 1. The number of halogens is 1. The van der Waals surface area contributed by atoms with Gasteiger partial charge in [0.05, 0.1) is 21.3 Å². The normalized spacial score (nSPS) is 19.3. The molecular formula is C18H17ClN2O2S2. The number of hydrogen-bond acceptors (Lipinski definition) is 4. The van der Waals surface area contributed by atoms with E-state index in [-0.39, 0.29) is 16.0 Å². The molecule has 25 heavy (non-hydrogen) atoms. The molecule has 1 aliphatic heterocycles. The molecule has 1 atom stereocenters. The van der Waals surface area contributed by atoms with E-state index in [2.05, 4.69) is 0 Å². The fourth-order valence-electron chi connectivity index (χ4n) is 3.25. The average molecular weight is 393 g/mol. The molecule has 1 saturated heterocycles. The van der Waals surface area contributed by atoms with Crippen LogP contribution >= 0.6 is 22.9 Å². The van der Waals surface area contributed by atoms with Gasteiger partial charge in [0.2, 0.25) is 10.0 Å². The number of thiazole rings is 1. The lowest BCUT2D eigenvalue weighted by atomic mass is 10.1. The van der Waals surface area contributed by atoms with Crippen LogP contribution in [0.2, 0.25) is 5.02 Å². The maximum absolute atomic E-state index is 13.2. The Bertz CT molecular complexity index is 984. The fourth-order valence-corrected chi connectivity index (χ4v) is 6.59. The lowest BCUT2D eigenvalue weighted by Gasteiger charge is -2.33. The summed E-state index contributed by atoms with van der Waals surface area (Å²) in [4.78, 5) is 4.87. The van der Waals surface area contributed by atoms with Crippen molar-refractivity contribution >= 4 is 43.2 Å². The van der Waals surface area contributed by atoms with Crippen LogP contribution in [0.5, 0.6) is 0 Å². The Hall–Kier alpha value is -1.47. The molecule has 0 saturated carbocycles. The van der Waals surface area contributed by atoms with Crippen molar-refractivity contribution < 1.29 is 8.42 Å². The first-order chi connectivity index (χ1) is 12.1. The number of benzene rings is 2. The summed E-state index contributed by atoms with van der Waals surface area (Å²) in [6.07, 6.45) is 2.63. The molecule has 7 heteroatoms. The maximum atomic E-state index is 13.2. The third-order valence-electron chi connectivity index (χ3n) is 4.47. The Morgan fingerprint density at radius 1 is 1.08 bits per heavy atom. The van der Waals surface area contributed by atoms with Crippen LogP contribution in [0.3, 0.4) is 0 Å². The zero-order valence-corrected chi connectivity index (χ0v) is 15.8. The number of rotatable bonds is 3. The second kappa shape index (κ2) is 6.68. The quantitative estimate of drug-likeness (QED) is 0.639. The van der Waals surface area contributed by atoms with E-state index in [9.17, 15) is 8.42 Å². The average Bonchev–Trinajstić information content (AvgIpc) is 3.06. The van der Waals surface area contributed by atoms with Crippen molar-refractivity contribution in [2.75, 3.05) is 6.54 Å². The highest BCUT2D eigenvalue weighted by Gasteiger charge is 2.36. The topological polar surface area (TPSA) is 50.3 Å². The van der Waals surface area contributed by atoms with E-state index in [0.717, 1.165) is 34.5 Å². The van der Waals surface area contributed by atoms with Crippen LogP contribution in [0.1, 0.15) is 30.3 Å². The monoisotopic (exact) mass is 392 g/mol. The maximum Gasteiger partial charge on any atom is 0.245 e. The molecule has 3 aromatic rings. The van der Waals surface area contributed by atoms with Crippen molar-refractivity contribution in [1.82, 2.24) is 9.29 Å². The van der Waals surface area contributed by atoms with Crippen molar-refractivity contribution in [1.29, 1.82) is 0 Å². The van der Waals surface area contributed by atoms with Crippen LogP contribution in [0.15, 0.2) is 53.4 Å². The molecule has 4 nitrogen and oxygen atoms in total. The van der Waals surface area contributed by atoms with Gasteiger partial charge in [-0.25, -0.2) is 13.4 Å². The fraction of sp³-hybridized carbons (Fsp3) is 0.278. The van der Waals surface area contributed by atoms with E-state index in [1.165, 1.54) is 0 Å². The molecule has 2 aromatic carbocycles. The first-order valence-electron chi connectivity index (χ1n) is 8.19. The highest BCUT2D eigenvalue weighted by atomic mass is 35.5.